The van der Waals surface area contributed by atoms with E-state index in [4.69, 9.17) is 5.73 Å². The number of pyridine rings is 1. The number of hydrogen-bond acceptors (Lipinski definition) is 3. The van der Waals surface area contributed by atoms with Crippen LogP contribution in [-0.4, -0.2) is 20.8 Å². The van der Waals surface area contributed by atoms with Gasteiger partial charge in [-0.3, -0.25) is 9.00 Å². The Kier molecular flexibility index (Phi) is 3.25. The Labute approximate surface area is 78.8 Å². The van der Waals surface area contributed by atoms with E-state index < -0.39 is 10.8 Å². The summed E-state index contributed by atoms with van der Waals surface area (Å²) in [4.78, 5) is 11.3. The van der Waals surface area contributed by atoms with Crippen LogP contribution in [0.5, 0.6) is 0 Å². The highest BCUT2D eigenvalue weighted by Crippen LogP contribution is 1.92. The third kappa shape index (κ3) is 2.69. The normalized spacial score (nSPS) is 12.7. The van der Waals surface area contributed by atoms with Crippen LogP contribution in [0.1, 0.15) is 0 Å². The second kappa shape index (κ2) is 4.23. The molecule has 0 aliphatic rings. The third-order valence-electron chi connectivity index (χ3n) is 1.67. The summed E-state index contributed by atoms with van der Waals surface area (Å²) >= 11 is 0. The Balaban J connectivity index is 2.84. The highest BCUT2D eigenvalue weighted by atomic mass is 32.2. The monoisotopic (exact) mass is 200 g/mol. The molecule has 1 atom stereocenters. The smallest absolute Gasteiger partial charge is 0.273 e. The van der Waals surface area contributed by atoms with E-state index in [1.807, 2.05) is 0 Å². The molecule has 2 N–H and O–H groups in total. The van der Waals surface area contributed by atoms with Crippen molar-refractivity contribution in [2.24, 2.45) is 0 Å². The number of nitrogen functional groups attached to an aromatic ring is 1. The molecule has 0 bridgehead atoms. The molecule has 1 aromatic heterocycles. The summed E-state index contributed by atoms with van der Waals surface area (Å²) in [5.41, 5.74) is 5.43. The molecule has 0 saturated carbocycles. The van der Waals surface area contributed by atoms with Crippen LogP contribution >= 0.6 is 0 Å². The lowest BCUT2D eigenvalue weighted by molar-refractivity contribution is 0.673. The Morgan fingerprint density at radius 3 is 2.92 bits per heavy atom. The van der Waals surface area contributed by atoms with Gasteiger partial charge in [0.1, 0.15) is 0 Å². The lowest BCUT2D eigenvalue weighted by Crippen LogP contribution is -2.24. The third-order valence-corrected chi connectivity index (χ3v) is 2.43. The molecular weight excluding hydrogens is 188 g/mol. The topological polar surface area (TPSA) is 65.1 Å². The molecule has 0 aliphatic heterocycles. The average molecular weight is 200 g/mol. The number of nitrogens with zero attached hydrogens (tertiary/aromatic N) is 1. The van der Waals surface area contributed by atoms with Crippen LogP contribution in [0.4, 0.5) is 5.69 Å². The van der Waals surface area contributed by atoms with Crippen LogP contribution in [0.15, 0.2) is 23.1 Å². The quantitative estimate of drug-likeness (QED) is 0.735. The fourth-order valence-electron chi connectivity index (χ4n) is 0.958. The Bertz CT molecular complexity index is 373. The molecule has 72 valence electrons. The van der Waals surface area contributed by atoms with Crippen LogP contribution in [0.3, 0.4) is 0 Å². The molecule has 4 nitrogen and oxygen atoms in total. The van der Waals surface area contributed by atoms with Crippen molar-refractivity contribution in [1.29, 1.82) is 0 Å². The molecule has 1 heterocycles. The SMILES string of the molecule is CS(=O)CCn1cccc(N)c1=O. The minimum absolute atomic E-state index is 0.215. The lowest BCUT2D eigenvalue weighted by atomic mass is 10.4. The van der Waals surface area contributed by atoms with Gasteiger partial charge in [-0.1, -0.05) is 0 Å². The molecule has 0 radical (unpaired) electrons. The molecule has 0 aromatic carbocycles. The second-order valence-electron chi connectivity index (χ2n) is 2.74. The van der Waals surface area contributed by atoms with Crippen LogP contribution in [0.25, 0.3) is 0 Å². The molecule has 0 aliphatic carbocycles. The van der Waals surface area contributed by atoms with Crippen molar-refractivity contribution in [1.82, 2.24) is 4.57 Å². The van der Waals surface area contributed by atoms with Crippen molar-refractivity contribution >= 4 is 16.5 Å². The molecule has 0 spiro atoms. The number of aryl methyl sites for hydroxylation is 1. The Morgan fingerprint density at radius 1 is 1.62 bits per heavy atom. The first kappa shape index (κ1) is 9.98. The fourth-order valence-corrected chi connectivity index (χ4v) is 1.41. The Hall–Kier alpha value is -1.10. The molecular formula is C8H12N2O2S. The zero-order valence-corrected chi connectivity index (χ0v) is 8.21. The minimum atomic E-state index is -0.881. The van der Waals surface area contributed by atoms with Crippen molar-refractivity contribution in [2.75, 3.05) is 17.7 Å². The molecule has 13 heavy (non-hydrogen) atoms. The molecule has 1 rings (SSSR count). The minimum Gasteiger partial charge on any atom is -0.394 e. The first-order valence-electron chi connectivity index (χ1n) is 3.86. The van der Waals surface area contributed by atoms with Gasteiger partial charge in [-0.05, 0) is 12.1 Å². The first-order chi connectivity index (χ1) is 6.11. The van der Waals surface area contributed by atoms with Crippen molar-refractivity contribution in [3.8, 4) is 0 Å². The molecule has 1 unspecified atom stereocenters. The van der Waals surface area contributed by atoms with E-state index in [1.54, 1.807) is 24.6 Å². The van der Waals surface area contributed by atoms with Gasteiger partial charge < -0.3 is 10.3 Å². The fraction of sp³-hybridized carbons (Fsp3) is 0.375. The Morgan fingerprint density at radius 2 is 2.31 bits per heavy atom. The number of rotatable bonds is 3. The van der Waals surface area contributed by atoms with E-state index in [0.29, 0.717) is 12.3 Å². The summed E-state index contributed by atoms with van der Waals surface area (Å²) in [7, 11) is -0.881. The van der Waals surface area contributed by atoms with E-state index in [0.717, 1.165) is 0 Å². The summed E-state index contributed by atoms with van der Waals surface area (Å²) in [5.74, 6) is 0.476. The summed E-state index contributed by atoms with van der Waals surface area (Å²) in [6, 6.07) is 3.26. The van der Waals surface area contributed by atoms with Gasteiger partial charge in [-0.2, -0.15) is 0 Å². The first-order valence-corrected chi connectivity index (χ1v) is 5.59. The molecule has 5 heteroatoms. The summed E-state index contributed by atoms with van der Waals surface area (Å²) in [6.45, 7) is 0.451. The molecule has 0 fully saturated rings. The van der Waals surface area contributed by atoms with Crippen LogP contribution in [-0.2, 0) is 17.3 Å². The predicted molar refractivity (Wildman–Crippen MR) is 54.0 cm³/mol. The van der Waals surface area contributed by atoms with Crippen LogP contribution < -0.4 is 11.3 Å². The van der Waals surface area contributed by atoms with Crippen LogP contribution in [0, 0.1) is 0 Å². The van der Waals surface area contributed by atoms with Crippen molar-refractivity contribution in [3.05, 3.63) is 28.7 Å². The van der Waals surface area contributed by atoms with E-state index >= 15 is 0 Å². The lowest BCUT2D eigenvalue weighted by Gasteiger charge is -2.03. The van der Waals surface area contributed by atoms with E-state index in [1.165, 1.54) is 4.57 Å². The summed E-state index contributed by atoms with van der Waals surface area (Å²) in [6.07, 6.45) is 3.25. The average Bonchev–Trinajstić information content (AvgIpc) is 2.07. The largest absolute Gasteiger partial charge is 0.394 e. The van der Waals surface area contributed by atoms with Crippen molar-refractivity contribution < 1.29 is 4.21 Å². The van der Waals surface area contributed by atoms with Crippen molar-refractivity contribution in [2.45, 2.75) is 6.54 Å². The van der Waals surface area contributed by atoms with E-state index in [9.17, 15) is 9.00 Å². The van der Waals surface area contributed by atoms with Gasteiger partial charge in [-0.15, -0.1) is 0 Å². The number of aromatic nitrogens is 1. The molecule has 0 amide bonds. The molecule has 0 saturated heterocycles. The highest BCUT2D eigenvalue weighted by Gasteiger charge is 1.99. The highest BCUT2D eigenvalue weighted by molar-refractivity contribution is 7.84. The number of nitrogens with two attached hydrogens (primary N) is 1. The standard InChI is InChI=1S/C8H12N2O2S/c1-13(12)6-5-10-4-2-3-7(9)8(10)11/h2-4H,5-6,9H2,1H3. The maximum Gasteiger partial charge on any atom is 0.273 e. The van der Waals surface area contributed by atoms with E-state index in [-0.39, 0.29) is 11.2 Å². The van der Waals surface area contributed by atoms with Gasteiger partial charge in [0.05, 0.1) is 5.69 Å². The number of hydrogen-bond donors (Lipinski definition) is 1. The second-order valence-corrected chi connectivity index (χ2v) is 4.29. The molecule has 1 aromatic rings. The number of anilines is 1. The van der Waals surface area contributed by atoms with Gasteiger partial charge in [0.25, 0.3) is 5.56 Å². The van der Waals surface area contributed by atoms with Gasteiger partial charge in [-0.25, -0.2) is 0 Å². The van der Waals surface area contributed by atoms with Gasteiger partial charge in [0, 0.05) is 35.5 Å². The zero-order chi connectivity index (χ0) is 9.84. The van der Waals surface area contributed by atoms with Gasteiger partial charge >= 0.3 is 0 Å². The van der Waals surface area contributed by atoms with Crippen molar-refractivity contribution in [3.63, 3.8) is 0 Å². The summed E-state index contributed by atoms with van der Waals surface area (Å²) < 4.78 is 12.2. The maximum atomic E-state index is 11.3. The van der Waals surface area contributed by atoms with Gasteiger partial charge in [0.15, 0.2) is 0 Å². The van der Waals surface area contributed by atoms with Crippen LogP contribution in [0.2, 0.25) is 0 Å². The summed E-state index contributed by atoms with van der Waals surface area (Å²) in [5, 5.41) is 0. The predicted octanol–water partition coefficient (Wildman–Crippen LogP) is -0.191. The maximum absolute atomic E-state index is 11.3. The zero-order valence-electron chi connectivity index (χ0n) is 7.40. The van der Waals surface area contributed by atoms with E-state index in [2.05, 4.69) is 0 Å². The van der Waals surface area contributed by atoms with Gasteiger partial charge in [0.2, 0.25) is 0 Å².